The third-order valence-corrected chi connectivity index (χ3v) is 3.89. The van der Waals surface area contributed by atoms with Crippen molar-refractivity contribution in [3.63, 3.8) is 0 Å². The number of nitrogens with zero attached hydrogens (tertiary/aromatic N) is 3. The zero-order valence-electron chi connectivity index (χ0n) is 13.6. The smallest absolute Gasteiger partial charge is 0.213 e. The van der Waals surface area contributed by atoms with Crippen LogP contribution in [0.5, 0.6) is 5.88 Å². The van der Waals surface area contributed by atoms with Gasteiger partial charge in [0.15, 0.2) is 5.96 Å². The predicted molar refractivity (Wildman–Crippen MR) is 96.6 cm³/mol. The van der Waals surface area contributed by atoms with Gasteiger partial charge in [-0.3, -0.25) is 4.99 Å². The summed E-state index contributed by atoms with van der Waals surface area (Å²) in [5.74, 6) is 1.45. The molecule has 0 aliphatic heterocycles. The topological polar surface area (TPSA) is 49.8 Å². The number of rotatable bonds is 5. The largest absolute Gasteiger partial charge is 0.481 e. The maximum Gasteiger partial charge on any atom is 0.213 e. The summed E-state index contributed by atoms with van der Waals surface area (Å²) in [4.78, 5) is 10.5. The minimum atomic E-state index is 0.613. The number of ether oxygens (including phenoxy) is 1. The Kier molecular flexibility index (Phi) is 6.40. The van der Waals surface area contributed by atoms with E-state index >= 15 is 0 Å². The molecule has 0 spiro atoms. The quantitative estimate of drug-likeness (QED) is 0.643. The van der Waals surface area contributed by atoms with Crippen LogP contribution in [0.15, 0.2) is 52.1 Å². The van der Waals surface area contributed by atoms with E-state index in [9.17, 15) is 0 Å². The minimum absolute atomic E-state index is 0.613. The molecule has 5 nitrogen and oxygen atoms in total. The standard InChI is InChI=1S/C17H21BrN4O/c1-19-17(21-11-14-8-9-20-16(10-14)23-3)22(2)12-13-4-6-15(18)7-5-13/h4-10H,11-12H2,1-3H3,(H,19,21). The molecule has 1 N–H and O–H groups in total. The average Bonchev–Trinajstić information content (AvgIpc) is 2.57. The van der Waals surface area contributed by atoms with Crippen molar-refractivity contribution < 1.29 is 4.74 Å². The lowest BCUT2D eigenvalue weighted by molar-refractivity contribution is 0.397. The van der Waals surface area contributed by atoms with Crippen molar-refractivity contribution in [2.24, 2.45) is 4.99 Å². The van der Waals surface area contributed by atoms with E-state index < -0.39 is 0 Å². The van der Waals surface area contributed by atoms with Gasteiger partial charge in [0.2, 0.25) is 5.88 Å². The third kappa shape index (κ3) is 5.25. The Labute approximate surface area is 145 Å². The summed E-state index contributed by atoms with van der Waals surface area (Å²) in [5, 5.41) is 3.35. The number of benzene rings is 1. The van der Waals surface area contributed by atoms with Gasteiger partial charge in [0.05, 0.1) is 7.11 Å². The first kappa shape index (κ1) is 17.3. The van der Waals surface area contributed by atoms with E-state index in [1.165, 1.54) is 5.56 Å². The van der Waals surface area contributed by atoms with Crippen LogP contribution in [-0.4, -0.2) is 37.0 Å². The number of aromatic nitrogens is 1. The van der Waals surface area contributed by atoms with Crippen LogP contribution in [0, 0.1) is 0 Å². The van der Waals surface area contributed by atoms with Crippen molar-refractivity contribution in [3.05, 3.63) is 58.2 Å². The summed E-state index contributed by atoms with van der Waals surface area (Å²) in [6, 6.07) is 12.2. The minimum Gasteiger partial charge on any atom is -0.481 e. The summed E-state index contributed by atoms with van der Waals surface area (Å²) >= 11 is 3.45. The highest BCUT2D eigenvalue weighted by molar-refractivity contribution is 9.10. The van der Waals surface area contributed by atoms with E-state index in [0.29, 0.717) is 12.4 Å². The predicted octanol–water partition coefficient (Wildman–Crippen LogP) is 3.06. The van der Waals surface area contributed by atoms with E-state index in [0.717, 1.165) is 22.5 Å². The Morgan fingerprint density at radius 1 is 1.26 bits per heavy atom. The molecule has 2 rings (SSSR count). The highest BCUT2D eigenvalue weighted by atomic mass is 79.9. The number of guanidine groups is 1. The number of pyridine rings is 1. The highest BCUT2D eigenvalue weighted by Gasteiger charge is 2.07. The van der Waals surface area contributed by atoms with Gasteiger partial charge in [-0.15, -0.1) is 0 Å². The molecule has 0 bridgehead atoms. The molecule has 0 aliphatic carbocycles. The molecule has 6 heteroatoms. The van der Waals surface area contributed by atoms with Crippen LogP contribution >= 0.6 is 15.9 Å². The van der Waals surface area contributed by atoms with Crippen molar-refractivity contribution >= 4 is 21.9 Å². The fourth-order valence-corrected chi connectivity index (χ4v) is 2.44. The molecule has 0 saturated carbocycles. The molecule has 0 fully saturated rings. The second-order valence-corrected chi connectivity index (χ2v) is 6.01. The van der Waals surface area contributed by atoms with Gasteiger partial charge >= 0.3 is 0 Å². The molecule has 1 heterocycles. The SMILES string of the molecule is CN=C(NCc1ccnc(OC)c1)N(C)Cc1ccc(Br)cc1. The van der Waals surface area contributed by atoms with Gasteiger partial charge in [-0.05, 0) is 29.3 Å². The molecule has 1 aromatic heterocycles. The summed E-state index contributed by atoms with van der Waals surface area (Å²) < 4.78 is 6.22. The molecule has 23 heavy (non-hydrogen) atoms. The monoisotopic (exact) mass is 376 g/mol. The zero-order valence-corrected chi connectivity index (χ0v) is 15.2. The van der Waals surface area contributed by atoms with Gasteiger partial charge in [-0.2, -0.15) is 0 Å². The number of methoxy groups -OCH3 is 1. The molecule has 2 aromatic rings. The van der Waals surface area contributed by atoms with Gasteiger partial charge in [0.25, 0.3) is 0 Å². The maximum absolute atomic E-state index is 5.14. The molecule has 0 saturated heterocycles. The van der Waals surface area contributed by atoms with Gasteiger partial charge in [-0.1, -0.05) is 28.1 Å². The van der Waals surface area contributed by atoms with Crippen LogP contribution < -0.4 is 10.1 Å². The van der Waals surface area contributed by atoms with Gasteiger partial charge < -0.3 is 15.0 Å². The van der Waals surface area contributed by atoms with Crippen molar-refractivity contribution in [1.82, 2.24) is 15.2 Å². The molecule has 1 aromatic carbocycles. The lowest BCUT2D eigenvalue weighted by Gasteiger charge is -2.22. The van der Waals surface area contributed by atoms with E-state index in [-0.39, 0.29) is 0 Å². The lowest BCUT2D eigenvalue weighted by atomic mass is 10.2. The molecule has 0 radical (unpaired) electrons. The molecule has 0 unspecified atom stereocenters. The summed E-state index contributed by atoms with van der Waals surface area (Å²) in [6.07, 6.45) is 1.74. The third-order valence-electron chi connectivity index (χ3n) is 3.37. The fraction of sp³-hybridized carbons (Fsp3) is 0.294. The Morgan fingerprint density at radius 3 is 2.65 bits per heavy atom. The number of nitrogens with one attached hydrogen (secondary N) is 1. The molecule has 122 valence electrons. The van der Waals surface area contributed by atoms with Gasteiger partial charge in [0.1, 0.15) is 0 Å². The normalized spacial score (nSPS) is 11.2. The lowest BCUT2D eigenvalue weighted by Crippen LogP contribution is -2.38. The van der Waals surface area contributed by atoms with Crippen molar-refractivity contribution in [3.8, 4) is 5.88 Å². The van der Waals surface area contributed by atoms with E-state index in [2.05, 4.69) is 48.3 Å². The Balaban J connectivity index is 1.95. The number of hydrogen-bond donors (Lipinski definition) is 1. The second-order valence-electron chi connectivity index (χ2n) is 5.09. The van der Waals surface area contributed by atoms with E-state index in [4.69, 9.17) is 4.74 Å². The second kappa shape index (κ2) is 8.53. The Bertz CT molecular complexity index is 658. The van der Waals surface area contributed by atoms with Gasteiger partial charge in [0, 0.05) is 43.9 Å². The zero-order chi connectivity index (χ0) is 16.7. The first-order valence-electron chi connectivity index (χ1n) is 7.27. The highest BCUT2D eigenvalue weighted by Crippen LogP contribution is 2.12. The summed E-state index contributed by atoms with van der Waals surface area (Å²) in [7, 11) is 5.42. The molecule has 0 amide bonds. The van der Waals surface area contributed by atoms with Crippen LogP contribution in [0.4, 0.5) is 0 Å². The van der Waals surface area contributed by atoms with Crippen LogP contribution in [0.3, 0.4) is 0 Å². The molecule has 0 aliphatic rings. The number of halogens is 1. The van der Waals surface area contributed by atoms with E-state index in [1.807, 2.05) is 31.3 Å². The molecular weight excluding hydrogens is 356 g/mol. The van der Waals surface area contributed by atoms with Crippen LogP contribution in [0.1, 0.15) is 11.1 Å². The van der Waals surface area contributed by atoms with Gasteiger partial charge in [-0.25, -0.2) is 4.98 Å². The van der Waals surface area contributed by atoms with Crippen molar-refractivity contribution in [1.29, 1.82) is 0 Å². The number of hydrogen-bond acceptors (Lipinski definition) is 3. The Morgan fingerprint density at radius 2 is 2.00 bits per heavy atom. The first-order chi connectivity index (χ1) is 11.1. The average molecular weight is 377 g/mol. The maximum atomic E-state index is 5.14. The fourth-order valence-electron chi connectivity index (χ4n) is 2.18. The van der Waals surface area contributed by atoms with Crippen molar-refractivity contribution in [2.45, 2.75) is 13.1 Å². The first-order valence-corrected chi connectivity index (χ1v) is 8.07. The van der Waals surface area contributed by atoms with E-state index in [1.54, 1.807) is 20.4 Å². The molecular formula is C17H21BrN4O. The number of aliphatic imine (C=N–C) groups is 1. The van der Waals surface area contributed by atoms with Crippen LogP contribution in [0.25, 0.3) is 0 Å². The summed E-state index contributed by atoms with van der Waals surface area (Å²) in [5.41, 5.74) is 2.32. The van der Waals surface area contributed by atoms with Crippen molar-refractivity contribution in [2.75, 3.05) is 21.2 Å². The molecule has 0 atom stereocenters. The van der Waals surface area contributed by atoms with Crippen LogP contribution in [-0.2, 0) is 13.1 Å². The summed E-state index contributed by atoms with van der Waals surface area (Å²) in [6.45, 7) is 1.45. The Hall–Kier alpha value is -2.08. The van der Waals surface area contributed by atoms with Crippen LogP contribution in [0.2, 0.25) is 0 Å².